The van der Waals surface area contributed by atoms with Crippen LogP contribution in [0.2, 0.25) is 5.02 Å². The number of nitrogens with one attached hydrogen (secondary N) is 3. The summed E-state index contributed by atoms with van der Waals surface area (Å²) in [5, 5.41) is 9.45. The number of nitrogens with two attached hydrogens (primary N) is 2. The smallest absolute Gasteiger partial charge is 0.243 e. The van der Waals surface area contributed by atoms with E-state index in [1.807, 2.05) is 33.8 Å². The number of benzene rings is 1. The fraction of sp³-hybridized carbons (Fsp3) is 0.613. The lowest BCUT2D eigenvalue weighted by molar-refractivity contribution is -0.135. The number of amides is 4. The van der Waals surface area contributed by atoms with Gasteiger partial charge in [0.2, 0.25) is 23.6 Å². The van der Waals surface area contributed by atoms with Crippen molar-refractivity contribution in [2.75, 3.05) is 6.54 Å². The van der Waals surface area contributed by atoms with Gasteiger partial charge in [-0.2, -0.15) is 0 Å². The first-order valence-electron chi connectivity index (χ1n) is 15.2. The van der Waals surface area contributed by atoms with Crippen LogP contribution in [0.5, 0.6) is 0 Å². The summed E-state index contributed by atoms with van der Waals surface area (Å²) >= 11 is 7.48. The summed E-state index contributed by atoms with van der Waals surface area (Å²) in [5.41, 5.74) is 11.9. The molecule has 0 fully saturated rings. The van der Waals surface area contributed by atoms with Crippen molar-refractivity contribution >= 4 is 62.6 Å². The fourth-order valence-corrected chi connectivity index (χ4v) is 6.09. The third kappa shape index (κ3) is 11.8. The minimum absolute atomic E-state index is 0.118. The van der Waals surface area contributed by atoms with Crippen molar-refractivity contribution in [3.05, 3.63) is 28.2 Å². The number of hydrogen-bond acceptors (Lipinski definition) is 8. The molecule has 7 N–H and O–H groups in total. The largest absolute Gasteiger partial charge is 0.368 e. The molecule has 11 nitrogen and oxygen atoms in total. The van der Waals surface area contributed by atoms with Crippen LogP contribution in [-0.2, 0) is 30.4 Å². The number of carbonyl (C=O) groups is 5. The Hall–Kier alpha value is -3.09. The number of ketones is 1. The summed E-state index contributed by atoms with van der Waals surface area (Å²) in [5.74, 6) is -3.16. The highest BCUT2D eigenvalue weighted by molar-refractivity contribution is 7.18. The zero-order valence-electron chi connectivity index (χ0n) is 26.3. The quantitative estimate of drug-likeness (QED) is 0.144. The van der Waals surface area contributed by atoms with Crippen molar-refractivity contribution in [3.63, 3.8) is 0 Å². The van der Waals surface area contributed by atoms with E-state index in [1.165, 1.54) is 18.3 Å². The number of carbonyl (C=O) groups excluding carboxylic acids is 5. The average molecular weight is 651 g/mol. The summed E-state index contributed by atoms with van der Waals surface area (Å²) in [7, 11) is 0. The zero-order valence-corrected chi connectivity index (χ0v) is 27.9. The van der Waals surface area contributed by atoms with Gasteiger partial charge in [-0.1, -0.05) is 52.1 Å². The molecule has 0 bridgehead atoms. The average Bonchev–Trinajstić information content (AvgIpc) is 3.34. The van der Waals surface area contributed by atoms with E-state index in [9.17, 15) is 24.0 Å². The number of rotatable bonds is 19. The van der Waals surface area contributed by atoms with E-state index in [0.717, 1.165) is 4.70 Å². The number of unbranched alkanes of at least 4 members (excludes halogenated alkanes) is 1. The molecular weight excluding hydrogens is 604 g/mol. The third-order valence-electron chi connectivity index (χ3n) is 7.52. The standard InChI is InChI=1S/C31H47ClN6O5S/c1-6-18(4)28(25(40)14-20(9-7-8-12-33)30(42)37-23(29(34)41)13-17(2)3)38-31(43)24(35-19(5)39)16-27-36-22-15-21(32)10-11-26(22)44-27/h10-11,15,17-18,20,23-24,28H,6-9,12-14,16,33H2,1-5H3,(H2,34,41)(H,35,39)(H,37,42)(H,38,43)/t18-,20+,23-,24-,28-/m0/s1. The number of halogens is 1. The molecule has 0 aliphatic heterocycles. The summed E-state index contributed by atoms with van der Waals surface area (Å²) in [6.45, 7) is 9.36. The second-order valence-corrected chi connectivity index (χ2v) is 13.3. The number of thiazole rings is 1. The van der Waals surface area contributed by atoms with Gasteiger partial charge in [0.1, 0.15) is 12.1 Å². The molecular formula is C31H47ClN6O5S. The SMILES string of the molecule is CC[C@H](C)[C@H](NC(=O)[C@H](Cc1nc2cc(Cl)ccc2s1)NC(C)=O)C(=O)C[C@@H](CCCCN)C(=O)N[C@@H](CC(C)C)C(N)=O. The summed E-state index contributed by atoms with van der Waals surface area (Å²) in [6, 6.07) is 2.62. The van der Waals surface area contributed by atoms with Crippen LogP contribution in [0.25, 0.3) is 10.2 Å². The van der Waals surface area contributed by atoms with Crippen molar-refractivity contribution < 1.29 is 24.0 Å². The van der Waals surface area contributed by atoms with Crippen LogP contribution in [-0.4, -0.2) is 59.1 Å². The Morgan fingerprint density at radius 1 is 1.00 bits per heavy atom. The highest BCUT2D eigenvalue weighted by atomic mass is 35.5. The third-order valence-corrected chi connectivity index (χ3v) is 8.81. The van der Waals surface area contributed by atoms with E-state index >= 15 is 0 Å². The van der Waals surface area contributed by atoms with E-state index < -0.39 is 47.7 Å². The topological polar surface area (TPSA) is 186 Å². The number of nitrogens with zero attached hydrogens (tertiary/aromatic N) is 1. The lowest BCUT2D eigenvalue weighted by Crippen LogP contribution is -2.54. The van der Waals surface area contributed by atoms with Gasteiger partial charge in [0.15, 0.2) is 5.78 Å². The van der Waals surface area contributed by atoms with Gasteiger partial charge in [-0.3, -0.25) is 24.0 Å². The van der Waals surface area contributed by atoms with Crippen molar-refractivity contribution in [1.82, 2.24) is 20.9 Å². The summed E-state index contributed by atoms with van der Waals surface area (Å²) in [4.78, 5) is 69.3. The Morgan fingerprint density at radius 3 is 2.30 bits per heavy atom. The molecule has 13 heteroatoms. The van der Waals surface area contributed by atoms with Crippen LogP contribution in [0, 0.1) is 17.8 Å². The Labute approximate surface area is 268 Å². The molecule has 1 aromatic heterocycles. The number of hydrogen-bond donors (Lipinski definition) is 5. The molecule has 0 aliphatic carbocycles. The number of Topliss-reactive ketones (excluding diaryl/α,β-unsaturated/α-hetero) is 1. The highest BCUT2D eigenvalue weighted by Crippen LogP contribution is 2.26. The van der Waals surface area contributed by atoms with Crippen LogP contribution in [0.3, 0.4) is 0 Å². The van der Waals surface area contributed by atoms with Gasteiger partial charge in [0.05, 0.1) is 21.3 Å². The molecule has 0 aliphatic rings. The minimum Gasteiger partial charge on any atom is -0.368 e. The second-order valence-electron chi connectivity index (χ2n) is 11.8. The number of aromatic nitrogens is 1. The maximum atomic E-state index is 13.8. The van der Waals surface area contributed by atoms with E-state index in [-0.39, 0.29) is 30.5 Å². The first kappa shape index (κ1) is 37.1. The van der Waals surface area contributed by atoms with E-state index in [4.69, 9.17) is 23.1 Å². The summed E-state index contributed by atoms with van der Waals surface area (Å²) in [6.07, 6.45) is 2.63. The van der Waals surface area contributed by atoms with Gasteiger partial charge >= 0.3 is 0 Å². The van der Waals surface area contributed by atoms with Crippen LogP contribution in [0.15, 0.2) is 18.2 Å². The predicted molar refractivity (Wildman–Crippen MR) is 174 cm³/mol. The molecule has 2 aromatic rings. The Morgan fingerprint density at radius 2 is 1.70 bits per heavy atom. The predicted octanol–water partition coefficient (Wildman–Crippen LogP) is 3.25. The molecule has 2 rings (SSSR count). The maximum Gasteiger partial charge on any atom is 0.243 e. The molecule has 1 heterocycles. The van der Waals surface area contributed by atoms with E-state index in [1.54, 1.807) is 12.1 Å². The molecule has 5 atom stereocenters. The van der Waals surface area contributed by atoms with Gasteiger partial charge in [0.25, 0.3) is 0 Å². The normalized spacial score (nSPS) is 14.8. The van der Waals surface area contributed by atoms with Crippen molar-refractivity contribution in [3.8, 4) is 0 Å². The van der Waals surface area contributed by atoms with Gasteiger partial charge in [-0.15, -0.1) is 11.3 Å². The molecule has 0 spiro atoms. The first-order valence-corrected chi connectivity index (χ1v) is 16.4. The Bertz CT molecular complexity index is 1300. The summed E-state index contributed by atoms with van der Waals surface area (Å²) < 4.78 is 0.893. The fourth-order valence-electron chi connectivity index (χ4n) is 4.93. The van der Waals surface area contributed by atoms with Crippen molar-refractivity contribution in [1.29, 1.82) is 0 Å². The van der Waals surface area contributed by atoms with Crippen molar-refractivity contribution in [2.24, 2.45) is 29.2 Å². The van der Waals surface area contributed by atoms with E-state index in [0.29, 0.717) is 54.2 Å². The molecule has 0 unspecified atom stereocenters. The zero-order chi connectivity index (χ0) is 33.0. The molecule has 0 radical (unpaired) electrons. The van der Waals surface area contributed by atoms with Crippen LogP contribution in [0.1, 0.15) is 78.2 Å². The molecule has 4 amide bonds. The van der Waals surface area contributed by atoms with Crippen molar-refractivity contribution in [2.45, 2.75) is 97.7 Å². The minimum atomic E-state index is -0.973. The van der Waals surface area contributed by atoms with Gasteiger partial charge in [0, 0.05) is 30.7 Å². The molecule has 0 saturated heterocycles. The van der Waals surface area contributed by atoms with Gasteiger partial charge < -0.3 is 27.4 Å². The molecule has 0 saturated carbocycles. The Balaban J connectivity index is 2.26. The lowest BCUT2D eigenvalue weighted by Gasteiger charge is -2.28. The highest BCUT2D eigenvalue weighted by Gasteiger charge is 2.33. The van der Waals surface area contributed by atoms with Crippen LogP contribution < -0.4 is 27.4 Å². The second kappa shape index (κ2) is 18.0. The monoisotopic (exact) mass is 650 g/mol. The number of fused-ring (bicyclic) bond motifs is 1. The maximum absolute atomic E-state index is 13.8. The molecule has 1 aromatic carbocycles. The lowest BCUT2D eigenvalue weighted by atomic mass is 9.87. The number of primary amides is 1. The van der Waals surface area contributed by atoms with Gasteiger partial charge in [-0.25, -0.2) is 4.98 Å². The Kier molecular flexibility index (Phi) is 15.2. The van der Waals surface area contributed by atoms with E-state index in [2.05, 4.69) is 20.9 Å². The first-order chi connectivity index (χ1) is 20.7. The molecule has 44 heavy (non-hydrogen) atoms. The molecule has 244 valence electrons. The van der Waals surface area contributed by atoms with Crippen LogP contribution >= 0.6 is 22.9 Å². The van der Waals surface area contributed by atoms with Gasteiger partial charge in [-0.05, 0) is 55.8 Å². The van der Waals surface area contributed by atoms with Crippen LogP contribution in [0.4, 0.5) is 0 Å².